The summed E-state index contributed by atoms with van der Waals surface area (Å²) in [5, 5.41) is 8.36. The number of ether oxygens (including phenoxy) is 1. The third-order valence-corrected chi connectivity index (χ3v) is 6.09. The Hall–Kier alpha value is -2.59. The standard InChI is InChI=1S/C16H18N2O2S.C3H6O2.C2H6/c1-11(2)21(19,20)18-12(3)9-16(13(18)4)15-7-5-14(10-17)6-8-15;1-3(4)5-2;1-2/h5-9,11H,1-4H3;1-2H3;1-2H3. The molecule has 7 heteroatoms. The summed E-state index contributed by atoms with van der Waals surface area (Å²) in [6, 6.07) is 11.1. The number of aryl methyl sites for hydroxylation is 1. The van der Waals surface area contributed by atoms with Crippen LogP contribution < -0.4 is 0 Å². The average Bonchev–Trinajstić information content (AvgIpc) is 2.98. The summed E-state index contributed by atoms with van der Waals surface area (Å²) in [5.41, 5.74) is 3.77. The van der Waals surface area contributed by atoms with Gasteiger partial charge in [0.15, 0.2) is 0 Å². The minimum Gasteiger partial charge on any atom is -0.469 e. The van der Waals surface area contributed by atoms with Gasteiger partial charge in [-0.2, -0.15) is 5.26 Å². The highest BCUT2D eigenvalue weighted by Crippen LogP contribution is 2.29. The van der Waals surface area contributed by atoms with E-state index in [4.69, 9.17) is 5.26 Å². The molecule has 28 heavy (non-hydrogen) atoms. The predicted octanol–water partition coefficient (Wildman–Crippen LogP) is 4.44. The van der Waals surface area contributed by atoms with E-state index in [1.807, 2.05) is 32.0 Å². The van der Waals surface area contributed by atoms with Gasteiger partial charge in [-0.1, -0.05) is 26.0 Å². The zero-order chi connectivity index (χ0) is 22.1. The first-order chi connectivity index (χ1) is 13.1. The fourth-order valence-electron chi connectivity index (χ4n) is 2.36. The molecule has 0 radical (unpaired) electrons. The van der Waals surface area contributed by atoms with Gasteiger partial charge in [0.25, 0.3) is 0 Å². The molecule has 0 fully saturated rings. The van der Waals surface area contributed by atoms with Crippen molar-refractivity contribution in [1.82, 2.24) is 3.97 Å². The molecular formula is C21H30N2O4S. The van der Waals surface area contributed by atoms with Crippen molar-refractivity contribution in [3.63, 3.8) is 0 Å². The summed E-state index contributed by atoms with van der Waals surface area (Å²) in [6.07, 6.45) is 0. The van der Waals surface area contributed by atoms with Crippen molar-refractivity contribution in [3.8, 4) is 17.2 Å². The van der Waals surface area contributed by atoms with Crippen LogP contribution in [0, 0.1) is 25.2 Å². The van der Waals surface area contributed by atoms with Crippen molar-refractivity contribution in [2.45, 2.75) is 53.7 Å². The zero-order valence-corrected chi connectivity index (χ0v) is 18.7. The SMILES string of the molecule is CC.COC(C)=O.Cc1cc(-c2ccc(C#N)cc2)c(C)n1S(=O)(=O)C(C)C. The third-order valence-electron chi connectivity index (χ3n) is 3.83. The number of hydrogen-bond acceptors (Lipinski definition) is 5. The second-order valence-electron chi connectivity index (χ2n) is 6.03. The molecule has 0 spiro atoms. The molecule has 1 heterocycles. The maximum absolute atomic E-state index is 12.4. The predicted molar refractivity (Wildman–Crippen MR) is 113 cm³/mol. The van der Waals surface area contributed by atoms with Gasteiger partial charge in [0.05, 0.1) is 24.0 Å². The van der Waals surface area contributed by atoms with Crippen molar-refractivity contribution < 1.29 is 17.9 Å². The number of aromatic nitrogens is 1. The van der Waals surface area contributed by atoms with Gasteiger partial charge in [-0.15, -0.1) is 0 Å². The number of carbonyl (C=O) groups is 1. The highest BCUT2D eigenvalue weighted by atomic mass is 32.2. The number of nitriles is 1. The molecular weight excluding hydrogens is 376 g/mol. The molecule has 2 aromatic rings. The van der Waals surface area contributed by atoms with Crippen LogP contribution in [0.5, 0.6) is 0 Å². The molecule has 0 saturated heterocycles. The summed E-state index contributed by atoms with van der Waals surface area (Å²) < 4.78 is 30.4. The van der Waals surface area contributed by atoms with Crippen molar-refractivity contribution in [3.05, 3.63) is 47.3 Å². The number of nitrogens with zero attached hydrogens (tertiary/aromatic N) is 2. The highest BCUT2D eigenvalue weighted by Gasteiger charge is 2.24. The molecule has 0 amide bonds. The van der Waals surface area contributed by atoms with Crippen LogP contribution >= 0.6 is 0 Å². The fourth-order valence-corrected chi connectivity index (χ4v) is 3.72. The molecule has 0 atom stereocenters. The summed E-state index contributed by atoms with van der Waals surface area (Å²) in [4.78, 5) is 9.59. The van der Waals surface area contributed by atoms with E-state index < -0.39 is 15.3 Å². The van der Waals surface area contributed by atoms with E-state index in [1.165, 1.54) is 18.0 Å². The van der Waals surface area contributed by atoms with Crippen LogP contribution in [0.15, 0.2) is 30.3 Å². The van der Waals surface area contributed by atoms with Gasteiger partial charge in [-0.3, -0.25) is 4.79 Å². The minimum absolute atomic E-state index is 0.245. The quantitative estimate of drug-likeness (QED) is 0.703. The number of methoxy groups -OCH3 is 1. The smallest absolute Gasteiger partial charge is 0.302 e. The van der Waals surface area contributed by atoms with Crippen LogP contribution in [-0.4, -0.2) is 30.7 Å². The Morgan fingerprint density at radius 1 is 1.14 bits per heavy atom. The third kappa shape index (κ3) is 6.24. The number of esters is 1. The molecule has 1 aromatic heterocycles. The van der Waals surface area contributed by atoms with Crippen molar-refractivity contribution in [2.24, 2.45) is 0 Å². The lowest BCUT2D eigenvalue weighted by atomic mass is 10.0. The van der Waals surface area contributed by atoms with E-state index in [2.05, 4.69) is 10.8 Å². The van der Waals surface area contributed by atoms with E-state index in [0.29, 0.717) is 17.0 Å². The Labute approximate surface area is 168 Å². The van der Waals surface area contributed by atoms with Gasteiger partial charge in [0.1, 0.15) is 0 Å². The van der Waals surface area contributed by atoms with Gasteiger partial charge in [0, 0.05) is 23.9 Å². The monoisotopic (exact) mass is 406 g/mol. The molecule has 2 rings (SSSR count). The molecule has 0 unspecified atom stereocenters. The summed E-state index contributed by atoms with van der Waals surface area (Å²) in [7, 11) is -2.02. The van der Waals surface area contributed by atoms with Crippen LogP contribution in [0.25, 0.3) is 11.1 Å². The van der Waals surface area contributed by atoms with E-state index in [9.17, 15) is 13.2 Å². The first kappa shape index (κ1) is 25.4. The normalized spacial score (nSPS) is 10.1. The lowest BCUT2D eigenvalue weighted by molar-refractivity contribution is -0.137. The molecule has 0 aliphatic rings. The Morgan fingerprint density at radius 2 is 1.61 bits per heavy atom. The van der Waals surface area contributed by atoms with Crippen molar-refractivity contribution in [2.75, 3.05) is 7.11 Å². The molecule has 0 aliphatic carbocycles. The van der Waals surface area contributed by atoms with Gasteiger partial charge >= 0.3 is 5.97 Å². The van der Waals surface area contributed by atoms with E-state index in [1.54, 1.807) is 39.8 Å². The van der Waals surface area contributed by atoms with Crippen LogP contribution in [-0.2, 0) is 19.6 Å². The number of carbonyl (C=O) groups excluding carboxylic acids is 1. The number of hydrogen-bond donors (Lipinski definition) is 0. The molecule has 6 nitrogen and oxygen atoms in total. The highest BCUT2D eigenvalue weighted by molar-refractivity contribution is 7.90. The van der Waals surface area contributed by atoms with Crippen LogP contribution in [0.1, 0.15) is 51.6 Å². The maximum atomic E-state index is 12.4. The van der Waals surface area contributed by atoms with Gasteiger partial charge < -0.3 is 4.74 Å². The summed E-state index contributed by atoms with van der Waals surface area (Å²) in [5.74, 6) is -0.245. The largest absolute Gasteiger partial charge is 0.469 e. The summed E-state index contributed by atoms with van der Waals surface area (Å²) >= 11 is 0. The van der Waals surface area contributed by atoms with Gasteiger partial charge in [-0.05, 0) is 51.5 Å². The second kappa shape index (κ2) is 11.3. The number of benzene rings is 1. The Morgan fingerprint density at radius 3 is 1.96 bits per heavy atom. The Bertz CT molecular complexity index is 919. The van der Waals surface area contributed by atoms with Crippen molar-refractivity contribution in [1.29, 1.82) is 5.26 Å². The van der Waals surface area contributed by atoms with E-state index in [-0.39, 0.29) is 5.97 Å². The summed E-state index contributed by atoms with van der Waals surface area (Å²) in [6.45, 7) is 12.3. The first-order valence-corrected chi connectivity index (χ1v) is 10.5. The topological polar surface area (TPSA) is 89.2 Å². The average molecular weight is 407 g/mol. The van der Waals surface area contributed by atoms with Crippen molar-refractivity contribution >= 4 is 16.0 Å². The molecule has 0 N–H and O–H groups in total. The molecule has 0 bridgehead atoms. The first-order valence-electron chi connectivity index (χ1n) is 9.04. The lowest BCUT2D eigenvalue weighted by Crippen LogP contribution is -2.24. The van der Waals surface area contributed by atoms with Crippen LogP contribution in [0.3, 0.4) is 0 Å². The van der Waals surface area contributed by atoms with Gasteiger partial charge in [-0.25, -0.2) is 12.4 Å². The second-order valence-corrected chi connectivity index (χ2v) is 8.37. The van der Waals surface area contributed by atoms with Crippen LogP contribution in [0.2, 0.25) is 0 Å². The van der Waals surface area contributed by atoms with E-state index in [0.717, 1.165) is 11.1 Å². The van der Waals surface area contributed by atoms with Crippen LogP contribution in [0.4, 0.5) is 0 Å². The fraction of sp³-hybridized carbons (Fsp3) is 0.429. The molecule has 154 valence electrons. The number of rotatable bonds is 3. The molecule has 0 aliphatic heterocycles. The molecule has 1 aromatic carbocycles. The Kier molecular flexibility index (Phi) is 10.3. The maximum Gasteiger partial charge on any atom is 0.302 e. The zero-order valence-electron chi connectivity index (χ0n) is 17.9. The Balaban J connectivity index is 0.000000906. The minimum atomic E-state index is -3.37. The van der Waals surface area contributed by atoms with Gasteiger partial charge in [0.2, 0.25) is 10.0 Å². The van der Waals surface area contributed by atoms with E-state index >= 15 is 0 Å². The molecule has 0 saturated carbocycles. The lowest BCUT2D eigenvalue weighted by Gasteiger charge is -2.13.